The van der Waals surface area contributed by atoms with Crippen LogP contribution in [0, 0.1) is 0 Å². The molecule has 1 fully saturated rings. The first-order valence-corrected chi connectivity index (χ1v) is 12.7. The Hall–Kier alpha value is -1.22. The molecule has 4 rings (SSSR count). The Kier molecular flexibility index (Phi) is 7.28. The van der Waals surface area contributed by atoms with Crippen molar-refractivity contribution in [3.63, 3.8) is 0 Å². The maximum absolute atomic E-state index is 4.39. The van der Waals surface area contributed by atoms with Crippen LogP contribution >= 0.6 is 63.7 Å². The van der Waals surface area contributed by atoms with E-state index < -0.39 is 0 Å². The first-order valence-electron chi connectivity index (χ1n) is 9.48. The van der Waals surface area contributed by atoms with Crippen molar-refractivity contribution >= 4 is 86.5 Å². The van der Waals surface area contributed by atoms with E-state index in [0.717, 1.165) is 53.7 Å². The van der Waals surface area contributed by atoms with Gasteiger partial charge in [0.25, 0.3) is 0 Å². The molecule has 8 heteroatoms. The van der Waals surface area contributed by atoms with Gasteiger partial charge in [-0.3, -0.25) is 5.01 Å². The predicted octanol–water partition coefficient (Wildman–Crippen LogP) is 9.30. The monoisotopic (exact) mass is 654 g/mol. The van der Waals surface area contributed by atoms with Gasteiger partial charge in [0.15, 0.2) is 0 Å². The van der Waals surface area contributed by atoms with Crippen molar-refractivity contribution in [2.75, 3.05) is 18.0 Å². The summed E-state index contributed by atoms with van der Waals surface area (Å²) in [6.45, 7) is 1.98. The largest absolute Gasteiger partial charge is 0.308 e. The van der Waals surface area contributed by atoms with E-state index in [1.54, 1.807) is 0 Å². The van der Waals surface area contributed by atoms with Crippen LogP contribution in [-0.2, 0) is 0 Å². The molecule has 0 N–H and O–H groups in total. The maximum atomic E-state index is 4.39. The summed E-state index contributed by atoms with van der Waals surface area (Å²) in [7, 11) is 0. The Morgan fingerprint density at radius 1 is 0.700 bits per heavy atom. The molecule has 3 aromatic rings. The third kappa shape index (κ3) is 5.15. The molecule has 1 saturated heterocycles. The zero-order valence-corrected chi connectivity index (χ0v) is 22.2. The standard InChI is InChI=1S/C22H18Br4N4/c23-15-3-9-21(19(25)13-15)30(22-10-4-16(24)14-20(22)26)18-7-5-17(6-8-18)27-28-29-11-1-2-12-29/h3-10,13-14H,1-2,11-12H2. The summed E-state index contributed by atoms with van der Waals surface area (Å²) < 4.78 is 4.02. The molecule has 0 atom stereocenters. The van der Waals surface area contributed by atoms with E-state index in [2.05, 4.69) is 103 Å². The lowest BCUT2D eigenvalue weighted by molar-refractivity contribution is 0.336. The molecule has 1 heterocycles. The molecule has 154 valence electrons. The fourth-order valence-corrected chi connectivity index (χ4v) is 5.76. The summed E-state index contributed by atoms with van der Waals surface area (Å²) in [5, 5.41) is 10.8. The minimum atomic E-state index is 0.843. The number of hydrogen-bond donors (Lipinski definition) is 0. The predicted molar refractivity (Wildman–Crippen MR) is 137 cm³/mol. The second-order valence-electron chi connectivity index (χ2n) is 6.89. The highest BCUT2D eigenvalue weighted by atomic mass is 79.9. The van der Waals surface area contributed by atoms with Gasteiger partial charge in [-0.1, -0.05) is 37.1 Å². The normalized spacial score (nSPS) is 13.9. The van der Waals surface area contributed by atoms with Gasteiger partial charge in [0.2, 0.25) is 0 Å². The topological polar surface area (TPSA) is 31.2 Å². The summed E-state index contributed by atoms with van der Waals surface area (Å²) in [4.78, 5) is 2.20. The highest BCUT2D eigenvalue weighted by Crippen LogP contribution is 2.43. The SMILES string of the molecule is Brc1ccc(N(c2ccc(N=NN3CCCC3)cc2)c2ccc(Br)cc2Br)c(Br)c1. The first-order chi connectivity index (χ1) is 14.5. The molecule has 0 unspecified atom stereocenters. The van der Waals surface area contributed by atoms with Crippen molar-refractivity contribution < 1.29 is 0 Å². The third-order valence-electron chi connectivity index (χ3n) is 4.78. The summed E-state index contributed by atoms with van der Waals surface area (Å²) >= 11 is 14.5. The molecule has 1 aliphatic heterocycles. The van der Waals surface area contributed by atoms with Crippen LogP contribution in [0.2, 0.25) is 0 Å². The second kappa shape index (κ2) is 9.94. The summed E-state index contributed by atoms with van der Waals surface area (Å²) in [6, 6.07) is 20.5. The minimum absolute atomic E-state index is 0.843. The van der Waals surface area contributed by atoms with Gasteiger partial charge in [0, 0.05) is 36.7 Å². The van der Waals surface area contributed by atoms with E-state index in [4.69, 9.17) is 0 Å². The summed E-state index contributed by atoms with van der Waals surface area (Å²) in [5.41, 5.74) is 3.94. The number of nitrogens with zero attached hydrogens (tertiary/aromatic N) is 4. The quantitative estimate of drug-likeness (QED) is 0.256. The van der Waals surface area contributed by atoms with Gasteiger partial charge in [-0.2, -0.15) is 0 Å². The van der Waals surface area contributed by atoms with Gasteiger partial charge in [0.1, 0.15) is 0 Å². The van der Waals surface area contributed by atoms with E-state index in [-0.39, 0.29) is 0 Å². The lowest BCUT2D eigenvalue weighted by atomic mass is 10.2. The van der Waals surface area contributed by atoms with E-state index in [1.807, 2.05) is 41.4 Å². The number of hydrogen-bond acceptors (Lipinski definition) is 3. The average Bonchev–Trinajstić information content (AvgIpc) is 3.24. The number of rotatable bonds is 5. The van der Waals surface area contributed by atoms with Crippen LogP contribution < -0.4 is 4.90 Å². The number of halogens is 4. The number of anilines is 3. The van der Waals surface area contributed by atoms with Crippen LogP contribution in [0.4, 0.5) is 22.7 Å². The van der Waals surface area contributed by atoms with Crippen molar-refractivity contribution in [1.29, 1.82) is 0 Å². The molecule has 0 amide bonds. The smallest absolute Gasteiger partial charge is 0.0875 e. The molecule has 0 spiro atoms. The lowest BCUT2D eigenvalue weighted by Gasteiger charge is -2.27. The third-order valence-corrected chi connectivity index (χ3v) is 7.04. The number of benzene rings is 3. The van der Waals surface area contributed by atoms with Gasteiger partial charge in [-0.05, 0) is 105 Å². The van der Waals surface area contributed by atoms with Crippen molar-refractivity contribution in [1.82, 2.24) is 5.01 Å². The highest BCUT2D eigenvalue weighted by Gasteiger charge is 2.18. The van der Waals surface area contributed by atoms with E-state index in [9.17, 15) is 0 Å². The highest BCUT2D eigenvalue weighted by molar-refractivity contribution is 9.11. The molecular formula is C22H18Br4N4. The Labute approximate surface area is 209 Å². The van der Waals surface area contributed by atoms with E-state index >= 15 is 0 Å². The first kappa shape index (κ1) is 22.0. The summed E-state index contributed by atoms with van der Waals surface area (Å²) in [6.07, 6.45) is 2.38. The van der Waals surface area contributed by atoms with Gasteiger partial charge < -0.3 is 4.90 Å². The van der Waals surface area contributed by atoms with Crippen LogP contribution in [-0.4, -0.2) is 18.1 Å². The maximum Gasteiger partial charge on any atom is 0.0875 e. The van der Waals surface area contributed by atoms with Crippen molar-refractivity contribution in [3.05, 3.63) is 78.6 Å². The zero-order valence-electron chi connectivity index (χ0n) is 15.9. The van der Waals surface area contributed by atoms with Gasteiger partial charge in [-0.25, -0.2) is 0 Å². The Balaban J connectivity index is 1.72. The molecule has 30 heavy (non-hydrogen) atoms. The zero-order chi connectivity index (χ0) is 21.1. The minimum Gasteiger partial charge on any atom is -0.308 e. The summed E-state index contributed by atoms with van der Waals surface area (Å²) in [5.74, 6) is 0. The Bertz CT molecular complexity index is 1010. The van der Waals surface area contributed by atoms with Crippen molar-refractivity contribution in [3.8, 4) is 0 Å². The molecule has 0 aliphatic carbocycles. The van der Waals surface area contributed by atoms with Crippen LogP contribution in [0.1, 0.15) is 12.8 Å². The molecule has 0 saturated carbocycles. The van der Waals surface area contributed by atoms with E-state index in [0.29, 0.717) is 0 Å². The van der Waals surface area contributed by atoms with Crippen molar-refractivity contribution in [2.45, 2.75) is 12.8 Å². The Morgan fingerprint density at radius 3 is 1.73 bits per heavy atom. The van der Waals surface area contributed by atoms with Gasteiger partial charge in [0.05, 0.1) is 17.1 Å². The molecule has 0 radical (unpaired) electrons. The molecule has 4 nitrogen and oxygen atoms in total. The molecular weight excluding hydrogens is 640 g/mol. The van der Waals surface area contributed by atoms with Crippen molar-refractivity contribution in [2.24, 2.45) is 10.3 Å². The molecule has 3 aromatic carbocycles. The van der Waals surface area contributed by atoms with Crippen LogP contribution in [0.25, 0.3) is 0 Å². The van der Waals surface area contributed by atoms with Crippen LogP contribution in [0.15, 0.2) is 88.9 Å². The second-order valence-corrected chi connectivity index (χ2v) is 10.4. The van der Waals surface area contributed by atoms with Gasteiger partial charge in [-0.15, -0.1) is 5.11 Å². The molecule has 0 aromatic heterocycles. The molecule has 1 aliphatic rings. The van der Waals surface area contributed by atoms with Gasteiger partial charge >= 0.3 is 0 Å². The average molecular weight is 658 g/mol. The Morgan fingerprint density at radius 2 is 1.23 bits per heavy atom. The fourth-order valence-electron chi connectivity index (χ4n) is 3.31. The van der Waals surface area contributed by atoms with Crippen LogP contribution in [0.3, 0.4) is 0 Å². The fraction of sp³-hybridized carbons (Fsp3) is 0.182. The molecule has 0 bridgehead atoms. The lowest BCUT2D eigenvalue weighted by Crippen LogP contribution is -2.11. The van der Waals surface area contributed by atoms with Crippen LogP contribution in [0.5, 0.6) is 0 Å². The van der Waals surface area contributed by atoms with E-state index in [1.165, 1.54) is 12.8 Å².